The van der Waals surface area contributed by atoms with Gasteiger partial charge in [0.15, 0.2) is 0 Å². The number of nitrogens with zero attached hydrogens (tertiary/aromatic N) is 1. The lowest BCUT2D eigenvalue weighted by atomic mass is 10.2. The zero-order valence-corrected chi connectivity index (χ0v) is 14.8. The van der Waals surface area contributed by atoms with E-state index in [0.717, 1.165) is 34.4 Å². The predicted molar refractivity (Wildman–Crippen MR) is 95.7 cm³/mol. The van der Waals surface area contributed by atoms with Crippen LogP contribution in [0.1, 0.15) is 23.9 Å². The van der Waals surface area contributed by atoms with Gasteiger partial charge in [-0.15, -0.1) is 0 Å². The van der Waals surface area contributed by atoms with Gasteiger partial charge in [0.25, 0.3) is 11.1 Å². The van der Waals surface area contributed by atoms with Crippen LogP contribution in [-0.2, 0) is 9.59 Å². The molecule has 0 saturated carbocycles. The molecule has 0 unspecified atom stereocenters. The lowest BCUT2D eigenvalue weighted by Gasteiger charge is -2.10. The SMILES string of the molecule is CC(=O)Oc1ccc(-n2c(C)cc(/C=C3\SC(=O)NC3=O)c2C)cc1. The maximum atomic E-state index is 11.7. The molecule has 0 bridgehead atoms. The summed E-state index contributed by atoms with van der Waals surface area (Å²) in [6, 6.07) is 9.13. The van der Waals surface area contributed by atoms with Crippen LogP contribution in [0.3, 0.4) is 0 Å². The van der Waals surface area contributed by atoms with Gasteiger partial charge in [0, 0.05) is 24.0 Å². The third-order valence-electron chi connectivity index (χ3n) is 3.76. The van der Waals surface area contributed by atoms with Crippen LogP contribution in [0.15, 0.2) is 35.2 Å². The van der Waals surface area contributed by atoms with Crippen LogP contribution in [0, 0.1) is 13.8 Å². The van der Waals surface area contributed by atoms with Crippen molar-refractivity contribution in [2.45, 2.75) is 20.8 Å². The molecular formula is C18H16N2O4S. The van der Waals surface area contributed by atoms with Gasteiger partial charge in [-0.25, -0.2) is 0 Å². The van der Waals surface area contributed by atoms with Crippen LogP contribution >= 0.6 is 11.8 Å². The Bertz CT molecular complexity index is 910. The molecule has 1 aliphatic heterocycles. The first-order valence-corrected chi connectivity index (χ1v) is 8.39. The molecule has 7 heteroatoms. The normalized spacial score (nSPS) is 15.6. The number of hydrogen-bond acceptors (Lipinski definition) is 5. The molecule has 3 rings (SSSR count). The minimum atomic E-state index is -0.370. The Hall–Kier alpha value is -2.80. The van der Waals surface area contributed by atoms with Gasteiger partial charge in [-0.3, -0.25) is 19.7 Å². The largest absolute Gasteiger partial charge is 0.427 e. The van der Waals surface area contributed by atoms with Crippen molar-refractivity contribution in [3.63, 3.8) is 0 Å². The second-order valence-corrected chi connectivity index (χ2v) is 6.62. The van der Waals surface area contributed by atoms with E-state index >= 15 is 0 Å². The van der Waals surface area contributed by atoms with E-state index in [0.29, 0.717) is 10.7 Å². The zero-order chi connectivity index (χ0) is 18.1. The molecule has 2 heterocycles. The molecule has 6 nitrogen and oxygen atoms in total. The first-order valence-electron chi connectivity index (χ1n) is 7.58. The first kappa shape index (κ1) is 17.0. The second kappa shape index (κ2) is 6.60. The topological polar surface area (TPSA) is 77.4 Å². The zero-order valence-electron chi connectivity index (χ0n) is 14.0. The summed E-state index contributed by atoms with van der Waals surface area (Å²) < 4.78 is 7.08. The van der Waals surface area contributed by atoms with E-state index in [-0.39, 0.29) is 17.1 Å². The number of benzene rings is 1. The summed E-state index contributed by atoms with van der Waals surface area (Å²) in [5.41, 5.74) is 3.71. The molecule has 2 amide bonds. The Morgan fingerprint density at radius 2 is 1.88 bits per heavy atom. The molecule has 1 aromatic carbocycles. The summed E-state index contributed by atoms with van der Waals surface area (Å²) >= 11 is 0.900. The number of imide groups is 1. The lowest BCUT2D eigenvalue weighted by Crippen LogP contribution is -2.17. The van der Waals surface area contributed by atoms with Gasteiger partial charge in [0.1, 0.15) is 5.75 Å². The summed E-state index contributed by atoms with van der Waals surface area (Å²) in [6.07, 6.45) is 1.72. The number of thioether (sulfide) groups is 1. The third kappa shape index (κ3) is 3.51. The maximum Gasteiger partial charge on any atom is 0.308 e. The monoisotopic (exact) mass is 356 g/mol. The predicted octanol–water partition coefficient (Wildman–Crippen LogP) is 3.34. The number of aromatic nitrogens is 1. The van der Waals surface area contributed by atoms with Crippen molar-refractivity contribution in [3.05, 3.63) is 52.2 Å². The van der Waals surface area contributed by atoms with Gasteiger partial charge in [0.2, 0.25) is 0 Å². The van der Waals surface area contributed by atoms with Crippen LogP contribution < -0.4 is 10.1 Å². The Labute approximate surface area is 148 Å². The highest BCUT2D eigenvalue weighted by Gasteiger charge is 2.25. The van der Waals surface area contributed by atoms with E-state index in [1.165, 1.54) is 6.92 Å². The van der Waals surface area contributed by atoms with Crippen molar-refractivity contribution < 1.29 is 19.1 Å². The van der Waals surface area contributed by atoms with E-state index in [4.69, 9.17) is 4.74 Å². The molecule has 25 heavy (non-hydrogen) atoms. The molecule has 128 valence electrons. The average molecular weight is 356 g/mol. The number of nitrogens with one attached hydrogen (secondary N) is 1. The van der Waals surface area contributed by atoms with E-state index in [1.54, 1.807) is 18.2 Å². The number of carbonyl (C=O) groups is 3. The standard InChI is InChI=1S/C18H16N2O4S/c1-10-8-13(9-16-17(22)19-18(23)25-16)11(2)20(10)14-4-6-15(7-5-14)24-12(3)21/h4-9H,1-3H3,(H,19,22,23)/b16-9-. The number of rotatable bonds is 3. The first-order chi connectivity index (χ1) is 11.8. The smallest absolute Gasteiger partial charge is 0.308 e. The highest BCUT2D eigenvalue weighted by atomic mass is 32.2. The maximum absolute atomic E-state index is 11.7. The van der Waals surface area contributed by atoms with Crippen LogP contribution in [0.4, 0.5) is 4.79 Å². The Balaban J connectivity index is 1.95. The Morgan fingerprint density at radius 1 is 1.20 bits per heavy atom. The van der Waals surface area contributed by atoms with Gasteiger partial charge < -0.3 is 9.30 Å². The molecule has 0 atom stereocenters. The van der Waals surface area contributed by atoms with Crippen molar-refractivity contribution in [1.29, 1.82) is 0 Å². The van der Waals surface area contributed by atoms with Gasteiger partial charge in [-0.1, -0.05) is 0 Å². The molecule has 0 aliphatic carbocycles. The minimum absolute atomic E-state index is 0.355. The molecule has 1 fully saturated rings. The van der Waals surface area contributed by atoms with Crippen LogP contribution in [0.5, 0.6) is 5.75 Å². The summed E-state index contributed by atoms with van der Waals surface area (Å²) in [7, 11) is 0. The van der Waals surface area contributed by atoms with E-state index in [9.17, 15) is 14.4 Å². The van der Waals surface area contributed by atoms with E-state index < -0.39 is 0 Å². The Morgan fingerprint density at radius 3 is 2.44 bits per heavy atom. The van der Waals surface area contributed by atoms with Crippen LogP contribution in [0.25, 0.3) is 11.8 Å². The van der Waals surface area contributed by atoms with Gasteiger partial charge >= 0.3 is 5.97 Å². The summed E-state index contributed by atoms with van der Waals surface area (Å²) in [5, 5.41) is 1.89. The molecule has 1 saturated heterocycles. The Kier molecular flexibility index (Phi) is 4.50. The second-order valence-electron chi connectivity index (χ2n) is 5.60. The summed E-state index contributed by atoms with van der Waals surface area (Å²) in [6.45, 7) is 5.26. The number of ether oxygens (including phenoxy) is 1. The number of amides is 2. The minimum Gasteiger partial charge on any atom is -0.427 e. The van der Waals surface area contributed by atoms with E-state index in [2.05, 4.69) is 5.32 Å². The number of hydrogen-bond donors (Lipinski definition) is 1. The summed E-state index contributed by atoms with van der Waals surface area (Å²) in [5.74, 6) is -0.249. The molecule has 1 aromatic heterocycles. The van der Waals surface area contributed by atoms with Crippen LogP contribution in [-0.4, -0.2) is 21.7 Å². The van der Waals surface area contributed by atoms with Gasteiger partial charge in [-0.2, -0.15) is 0 Å². The van der Waals surface area contributed by atoms with Crippen LogP contribution in [0.2, 0.25) is 0 Å². The lowest BCUT2D eigenvalue weighted by molar-refractivity contribution is -0.131. The average Bonchev–Trinajstić information content (AvgIpc) is 2.99. The van der Waals surface area contributed by atoms with Crippen molar-refractivity contribution in [2.75, 3.05) is 0 Å². The molecule has 1 aliphatic rings. The van der Waals surface area contributed by atoms with Crippen molar-refractivity contribution in [3.8, 4) is 11.4 Å². The number of esters is 1. The van der Waals surface area contributed by atoms with Crippen molar-refractivity contribution in [2.24, 2.45) is 0 Å². The highest BCUT2D eigenvalue weighted by Crippen LogP contribution is 2.29. The third-order valence-corrected chi connectivity index (χ3v) is 4.57. The van der Waals surface area contributed by atoms with Gasteiger partial charge in [0.05, 0.1) is 4.91 Å². The number of carbonyl (C=O) groups excluding carboxylic acids is 3. The fourth-order valence-electron chi connectivity index (χ4n) is 2.72. The fourth-order valence-corrected chi connectivity index (χ4v) is 3.40. The quantitative estimate of drug-likeness (QED) is 0.518. The molecular weight excluding hydrogens is 340 g/mol. The fraction of sp³-hybridized carbons (Fsp3) is 0.167. The number of aryl methyl sites for hydroxylation is 1. The molecule has 0 spiro atoms. The van der Waals surface area contributed by atoms with Crippen molar-refractivity contribution in [1.82, 2.24) is 9.88 Å². The highest BCUT2D eigenvalue weighted by molar-refractivity contribution is 8.18. The van der Waals surface area contributed by atoms with E-state index in [1.807, 2.05) is 36.6 Å². The van der Waals surface area contributed by atoms with Crippen molar-refractivity contribution >= 4 is 35.0 Å². The molecule has 1 N–H and O–H groups in total. The molecule has 2 aromatic rings. The summed E-state index contributed by atoms with van der Waals surface area (Å²) in [4.78, 5) is 34.4. The van der Waals surface area contributed by atoms with Gasteiger partial charge in [-0.05, 0) is 67.6 Å². The molecule has 0 radical (unpaired) electrons.